The van der Waals surface area contributed by atoms with Gasteiger partial charge in [0.05, 0.1) is 20.8 Å². The van der Waals surface area contributed by atoms with E-state index >= 15 is 0 Å². The number of phosphoric ester groups is 1. The average molecular weight is 409 g/mol. The first-order valence-electron chi connectivity index (χ1n) is 6.39. The van der Waals surface area contributed by atoms with Crippen LogP contribution in [0.1, 0.15) is 6.23 Å². The second-order valence-corrected chi connectivity index (χ2v) is 6.02. The fourth-order valence-electron chi connectivity index (χ4n) is 2.32. The normalized spacial score (nSPS) is 27.3. The molecule has 0 aliphatic carbocycles. The monoisotopic (exact) mass is 408 g/mol. The smallest absolute Gasteiger partial charge is 0.790 e. The van der Waals surface area contributed by atoms with Gasteiger partial charge in [0.2, 0.25) is 0 Å². The van der Waals surface area contributed by atoms with Gasteiger partial charge in [-0.15, -0.1) is 0 Å². The summed E-state index contributed by atoms with van der Waals surface area (Å²) in [5.74, 6) is 0.125. The van der Waals surface area contributed by atoms with Crippen LogP contribution in [-0.2, 0) is 30.9 Å². The standard InChI is InChI=1S/C10H14N5O7P.Cu/c11-8-5-9(13-2-12-8)15(3-14-5)10-7(17)6(16)4(22-10)1-21-23(18,19)20;/h2-4,6-7,10,16-17H,1H2,(H2,11,12,13)(H2,18,19,20);/q;+2/p-2/t4-,6-,7-,10-;/m1./s1. The van der Waals surface area contributed by atoms with E-state index in [9.17, 15) is 24.6 Å². The Labute approximate surface area is 145 Å². The van der Waals surface area contributed by atoms with E-state index in [1.54, 1.807) is 0 Å². The minimum absolute atomic E-state index is 0. The van der Waals surface area contributed by atoms with Gasteiger partial charge in [-0.1, -0.05) is 0 Å². The van der Waals surface area contributed by atoms with Gasteiger partial charge < -0.3 is 39.6 Å². The molecule has 4 atom stereocenters. The fraction of sp³-hybridized carbons (Fsp3) is 0.500. The number of ether oxygens (including phenoxy) is 1. The number of rotatable bonds is 4. The molecule has 3 heterocycles. The molecule has 0 aromatic carbocycles. The van der Waals surface area contributed by atoms with E-state index < -0.39 is 39.0 Å². The van der Waals surface area contributed by atoms with Gasteiger partial charge >= 0.3 is 17.1 Å². The van der Waals surface area contributed by atoms with Gasteiger partial charge in [0.15, 0.2) is 17.7 Å². The van der Waals surface area contributed by atoms with Crippen LogP contribution < -0.4 is 15.5 Å². The van der Waals surface area contributed by atoms with Crippen LogP contribution in [0.5, 0.6) is 0 Å². The van der Waals surface area contributed by atoms with Crippen LogP contribution in [-0.4, -0.2) is 54.7 Å². The van der Waals surface area contributed by atoms with Crippen LogP contribution in [0.15, 0.2) is 12.7 Å². The molecule has 1 aliphatic heterocycles. The zero-order valence-electron chi connectivity index (χ0n) is 11.7. The maximum Gasteiger partial charge on any atom is 2.00 e. The molecular weight excluding hydrogens is 397 g/mol. The molecule has 0 amide bonds. The predicted molar refractivity (Wildman–Crippen MR) is 69.2 cm³/mol. The van der Waals surface area contributed by atoms with Crippen molar-refractivity contribution in [3.05, 3.63) is 12.7 Å². The summed E-state index contributed by atoms with van der Waals surface area (Å²) in [7, 11) is -5.22. The van der Waals surface area contributed by atoms with Crippen molar-refractivity contribution in [1.82, 2.24) is 19.5 Å². The molecule has 4 N–H and O–H groups in total. The maximum absolute atomic E-state index is 10.5. The molecule has 0 unspecified atom stereocenters. The van der Waals surface area contributed by atoms with E-state index in [-0.39, 0.29) is 34.1 Å². The van der Waals surface area contributed by atoms with Gasteiger partial charge in [-0.25, -0.2) is 15.0 Å². The van der Waals surface area contributed by atoms with E-state index in [1.807, 2.05) is 0 Å². The van der Waals surface area contributed by atoms with E-state index in [0.29, 0.717) is 0 Å². The predicted octanol–water partition coefficient (Wildman–Crippen LogP) is -3.13. The first-order chi connectivity index (χ1) is 10.8. The molecule has 24 heavy (non-hydrogen) atoms. The Kier molecular flexibility index (Phi) is 5.60. The molecular formula is C10H12CuN5O7P. The zero-order valence-corrected chi connectivity index (χ0v) is 13.6. The number of nitrogens with zero attached hydrogens (tertiary/aromatic N) is 4. The van der Waals surface area contributed by atoms with E-state index in [4.69, 9.17) is 10.5 Å². The quantitative estimate of drug-likeness (QED) is 0.342. The molecule has 14 heteroatoms. The van der Waals surface area contributed by atoms with Gasteiger partial charge in [-0.05, 0) is 0 Å². The minimum atomic E-state index is -5.22. The first-order valence-corrected chi connectivity index (χ1v) is 7.85. The number of nitrogen functional groups attached to an aromatic ring is 1. The number of anilines is 1. The van der Waals surface area contributed by atoms with Gasteiger partial charge in [-0.2, -0.15) is 0 Å². The number of aromatic nitrogens is 4. The number of imidazole rings is 1. The van der Waals surface area contributed by atoms with Crippen molar-refractivity contribution < 1.29 is 50.9 Å². The summed E-state index contributed by atoms with van der Waals surface area (Å²) in [6, 6.07) is 0. The molecule has 2 aromatic rings. The molecule has 1 radical (unpaired) electrons. The third kappa shape index (κ3) is 3.59. The first kappa shape index (κ1) is 19.2. The van der Waals surface area contributed by atoms with Gasteiger partial charge in [0.25, 0.3) is 0 Å². The number of hydrogen-bond donors (Lipinski definition) is 3. The molecule has 1 saturated heterocycles. The van der Waals surface area contributed by atoms with Crippen molar-refractivity contribution in [3.63, 3.8) is 0 Å². The average Bonchev–Trinajstić information content (AvgIpc) is 3.01. The van der Waals surface area contributed by atoms with Crippen LogP contribution in [0.4, 0.5) is 5.82 Å². The molecule has 12 nitrogen and oxygen atoms in total. The Bertz CT molecular complexity index is 769. The Hall–Kier alpha value is -1.14. The summed E-state index contributed by atoms with van der Waals surface area (Å²) in [5, 5.41) is 20.0. The van der Waals surface area contributed by atoms with E-state index in [0.717, 1.165) is 0 Å². The topological polar surface area (TPSA) is 192 Å². The summed E-state index contributed by atoms with van der Waals surface area (Å²) in [5.41, 5.74) is 6.19. The third-order valence-corrected chi connectivity index (χ3v) is 3.86. The number of aliphatic hydroxyl groups is 2. The van der Waals surface area contributed by atoms with Gasteiger partial charge in [0.1, 0.15) is 30.2 Å². The van der Waals surface area contributed by atoms with Gasteiger partial charge in [0, 0.05) is 0 Å². The van der Waals surface area contributed by atoms with Crippen LogP contribution >= 0.6 is 7.82 Å². The van der Waals surface area contributed by atoms with Crippen molar-refractivity contribution in [2.75, 3.05) is 12.3 Å². The summed E-state index contributed by atoms with van der Waals surface area (Å²) in [4.78, 5) is 32.8. The summed E-state index contributed by atoms with van der Waals surface area (Å²) in [6.07, 6.45) is -2.75. The molecule has 1 aliphatic rings. The Balaban J connectivity index is 0.00000208. The number of aliphatic hydroxyl groups excluding tert-OH is 2. The maximum atomic E-state index is 10.5. The summed E-state index contributed by atoms with van der Waals surface area (Å²) < 4.78 is 21.3. The molecule has 135 valence electrons. The van der Waals surface area contributed by atoms with E-state index in [1.165, 1.54) is 17.2 Å². The number of nitrogens with two attached hydrogens (primary N) is 1. The second kappa shape index (κ2) is 7.00. The van der Waals surface area contributed by atoms with Crippen LogP contribution in [0.3, 0.4) is 0 Å². The van der Waals surface area contributed by atoms with Crippen molar-refractivity contribution >= 4 is 24.8 Å². The number of phosphoric acid groups is 1. The van der Waals surface area contributed by atoms with Crippen LogP contribution in [0.2, 0.25) is 0 Å². The van der Waals surface area contributed by atoms with Gasteiger partial charge in [-0.3, -0.25) is 4.57 Å². The summed E-state index contributed by atoms with van der Waals surface area (Å²) >= 11 is 0. The third-order valence-electron chi connectivity index (χ3n) is 3.40. The molecule has 0 saturated carbocycles. The Morgan fingerprint density at radius 3 is 2.71 bits per heavy atom. The Morgan fingerprint density at radius 2 is 2.04 bits per heavy atom. The van der Waals surface area contributed by atoms with Crippen molar-refractivity contribution in [1.29, 1.82) is 0 Å². The van der Waals surface area contributed by atoms with E-state index in [2.05, 4.69) is 19.5 Å². The Morgan fingerprint density at radius 1 is 1.33 bits per heavy atom. The largest absolute Gasteiger partial charge is 2.00 e. The molecule has 2 aromatic heterocycles. The van der Waals surface area contributed by atoms with Crippen LogP contribution in [0.25, 0.3) is 11.2 Å². The van der Waals surface area contributed by atoms with Crippen molar-refractivity contribution in [2.45, 2.75) is 24.5 Å². The van der Waals surface area contributed by atoms with Crippen LogP contribution in [0, 0.1) is 0 Å². The summed E-state index contributed by atoms with van der Waals surface area (Å²) in [6.45, 7) is -0.719. The van der Waals surface area contributed by atoms with Crippen molar-refractivity contribution in [3.8, 4) is 0 Å². The second-order valence-electron chi connectivity index (χ2n) is 4.87. The molecule has 3 rings (SSSR count). The minimum Gasteiger partial charge on any atom is -0.790 e. The van der Waals surface area contributed by atoms with Crippen molar-refractivity contribution in [2.24, 2.45) is 0 Å². The number of hydrogen-bond acceptors (Lipinski definition) is 11. The number of fused-ring (bicyclic) bond motifs is 1. The molecule has 1 fully saturated rings. The SMILES string of the molecule is Nc1ncnc2c1ncn2[C@@H]1O[C@H](COP(=O)([O-])[O-])[C@@H](O)[C@H]1O.[Cu+2]. The fourth-order valence-corrected chi connectivity index (χ4v) is 2.65. The molecule has 0 spiro atoms. The molecule has 0 bridgehead atoms. The zero-order chi connectivity index (χ0) is 16.8.